The van der Waals surface area contributed by atoms with Crippen molar-refractivity contribution in [2.24, 2.45) is 0 Å². The topological polar surface area (TPSA) is 75.6 Å². The molecule has 2 aliphatic rings. The first-order chi connectivity index (χ1) is 14.1. The van der Waals surface area contributed by atoms with E-state index in [0.717, 1.165) is 16.2 Å². The van der Waals surface area contributed by atoms with E-state index in [4.69, 9.17) is 4.74 Å². The normalized spacial score (nSPS) is 19.2. The van der Waals surface area contributed by atoms with E-state index < -0.39 is 29.7 Å². The van der Waals surface area contributed by atoms with Gasteiger partial charge in [-0.05, 0) is 39.3 Å². The van der Waals surface area contributed by atoms with Crippen LogP contribution in [0.25, 0.3) is 10.6 Å². The van der Waals surface area contributed by atoms with E-state index in [-0.39, 0.29) is 18.7 Å². The second-order valence-corrected chi connectivity index (χ2v) is 9.32. The molecule has 7 nitrogen and oxygen atoms in total. The van der Waals surface area contributed by atoms with Crippen LogP contribution in [-0.2, 0) is 11.2 Å². The molecule has 0 saturated carbocycles. The van der Waals surface area contributed by atoms with E-state index in [1.807, 2.05) is 0 Å². The number of rotatable bonds is 2. The number of carbonyl (C=O) groups excluding carboxylic acids is 2. The van der Waals surface area contributed by atoms with Crippen molar-refractivity contribution in [2.45, 2.75) is 45.4 Å². The molecule has 2 aromatic heterocycles. The number of ether oxygens (including phenoxy) is 1. The van der Waals surface area contributed by atoms with Crippen LogP contribution in [-0.4, -0.2) is 58.3 Å². The number of anilines is 1. The van der Waals surface area contributed by atoms with E-state index in [2.05, 4.69) is 9.97 Å². The van der Waals surface area contributed by atoms with Crippen LogP contribution in [0.2, 0.25) is 0 Å². The number of imide groups is 1. The molecule has 1 fully saturated rings. The standard InChI is InChI=1S/C20H22F2N4O3S/c1-20(2,3)29-19(28)26-9-7-13-15(18(26)27)30-17(23-13)12-4-5-14(24-16(12)22)25-8-6-11(21)10-25/h4-5,11H,6-10H2,1-3H3/t11-/m1/s1. The summed E-state index contributed by atoms with van der Waals surface area (Å²) in [6.07, 6.45) is -0.864. The predicted molar refractivity (Wildman–Crippen MR) is 108 cm³/mol. The molecule has 160 valence electrons. The molecule has 0 aromatic carbocycles. The van der Waals surface area contributed by atoms with Crippen molar-refractivity contribution in [3.63, 3.8) is 0 Å². The lowest BCUT2D eigenvalue weighted by Crippen LogP contribution is -2.44. The Balaban J connectivity index is 1.57. The summed E-state index contributed by atoms with van der Waals surface area (Å²) >= 11 is 1.02. The van der Waals surface area contributed by atoms with Crippen molar-refractivity contribution < 1.29 is 23.1 Å². The van der Waals surface area contributed by atoms with Crippen LogP contribution in [0.3, 0.4) is 0 Å². The molecule has 0 unspecified atom stereocenters. The number of hydrogen-bond donors (Lipinski definition) is 0. The third-order valence-electron chi connectivity index (χ3n) is 4.84. The molecule has 0 bridgehead atoms. The lowest BCUT2D eigenvalue weighted by molar-refractivity contribution is 0.0235. The largest absolute Gasteiger partial charge is 0.443 e. The van der Waals surface area contributed by atoms with Gasteiger partial charge in [0.1, 0.15) is 27.5 Å². The summed E-state index contributed by atoms with van der Waals surface area (Å²) in [6, 6.07) is 3.18. The van der Waals surface area contributed by atoms with Gasteiger partial charge in [-0.2, -0.15) is 4.39 Å². The first kappa shape index (κ1) is 20.6. The summed E-state index contributed by atoms with van der Waals surface area (Å²) in [5.41, 5.74) is -0.0151. The number of pyridine rings is 1. The SMILES string of the molecule is CC(C)(C)OC(=O)N1CCc2nc(-c3ccc(N4CC[C@@H](F)C4)nc3F)sc2C1=O. The van der Waals surface area contributed by atoms with Crippen LogP contribution in [0, 0.1) is 5.95 Å². The second kappa shape index (κ2) is 7.57. The molecule has 0 N–H and O–H groups in total. The fourth-order valence-corrected chi connectivity index (χ4v) is 4.50. The number of halogens is 2. The van der Waals surface area contributed by atoms with Gasteiger partial charge in [0.15, 0.2) is 0 Å². The molecule has 0 spiro atoms. The predicted octanol–water partition coefficient (Wildman–Crippen LogP) is 3.83. The number of amides is 2. The average Bonchev–Trinajstić information content (AvgIpc) is 3.27. The van der Waals surface area contributed by atoms with E-state index in [1.165, 1.54) is 0 Å². The molecule has 2 amide bonds. The van der Waals surface area contributed by atoms with Crippen LogP contribution in [0.5, 0.6) is 0 Å². The Morgan fingerprint density at radius 3 is 2.67 bits per heavy atom. The Morgan fingerprint density at radius 1 is 1.27 bits per heavy atom. The summed E-state index contributed by atoms with van der Waals surface area (Å²) in [4.78, 5) is 36.5. The van der Waals surface area contributed by atoms with Gasteiger partial charge in [-0.3, -0.25) is 4.79 Å². The second-order valence-electron chi connectivity index (χ2n) is 8.32. The minimum atomic E-state index is -0.931. The molecule has 0 radical (unpaired) electrons. The van der Waals surface area contributed by atoms with Crippen LogP contribution in [0.15, 0.2) is 12.1 Å². The summed E-state index contributed by atoms with van der Waals surface area (Å²) in [7, 11) is 0. The quantitative estimate of drug-likeness (QED) is 0.666. The maximum Gasteiger partial charge on any atom is 0.417 e. The van der Waals surface area contributed by atoms with Gasteiger partial charge >= 0.3 is 6.09 Å². The van der Waals surface area contributed by atoms with Gasteiger partial charge in [-0.15, -0.1) is 11.3 Å². The Kier molecular flexibility index (Phi) is 5.21. The van der Waals surface area contributed by atoms with Gasteiger partial charge in [-0.25, -0.2) is 24.1 Å². The smallest absolute Gasteiger partial charge is 0.417 e. The highest BCUT2D eigenvalue weighted by Gasteiger charge is 2.35. The van der Waals surface area contributed by atoms with Crippen molar-refractivity contribution >= 4 is 29.2 Å². The molecule has 2 aromatic rings. The average molecular weight is 436 g/mol. The fourth-order valence-electron chi connectivity index (χ4n) is 3.42. The molecule has 30 heavy (non-hydrogen) atoms. The van der Waals surface area contributed by atoms with Crippen LogP contribution in [0.1, 0.15) is 42.6 Å². The first-order valence-electron chi connectivity index (χ1n) is 9.73. The molecule has 4 rings (SSSR count). The molecule has 10 heteroatoms. The third-order valence-corrected chi connectivity index (χ3v) is 5.96. The van der Waals surface area contributed by atoms with Crippen LogP contribution < -0.4 is 4.90 Å². The molecular weight excluding hydrogens is 414 g/mol. The molecular formula is C20H22F2N4O3S. The Labute approximate surface area is 176 Å². The maximum absolute atomic E-state index is 14.7. The molecule has 1 atom stereocenters. The number of carbonyl (C=O) groups is 2. The molecule has 1 saturated heterocycles. The van der Waals surface area contributed by atoms with Crippen LogP contribution >= 0.6 is 11.3 Å². The summed E-state index contributed by atoms with van der Waals surface area (Å²) < 4.78 is 33.4. The van der Waals surface area contributed by atoms with Gasteiger partial charge in [0, 0.05) is 19.5 Å². The number of alkyl halides is 1. The lowest BCUT2D eigenvalue weighted by Gasteiger charge is -2.27. The van der Waals surface area contributed by atoms with Crippen molar-refractivity contribution in [3.8, 4) is 10.6 Å². The lowest BCUT2D eigenvalue weighted by atomic mass is 10.1. The van der Waals surface area contributed by atoms with E-state index in [1.54, 1.807) is 37.8 Å². The highest BCUT2D eigenvalue weighted by atomic mass is 32.1. The van der Waals surface area contributed by atoms with Crippen molar-refractivity contribution in [3.05, 3.63) is 28.7 Å². The van der Waals surface area contributed by atoms with Crippen molar-refractivity contribution in [1.82, 2.24) is 14.9 Å². The Morgan fingerprint density at radius 2 is 2.03 bits per heavy atom. The van der Waals surface area contributed by atoms with Gasteiger partial charge in [-0.1, -0.05) is 0 Å². The fraction of sp³-hybridized carbons (Fsp3) is 0.500. The zero-order chi connectivity index (χ0) is 21.6. The Hall–Kier alpha value is -2.62. The van der Waals surface area contributed by atoms with Crippen LogP contribution in [0.4, 0.5) is 19.4 Å². The first-order valence-corrected chi connectivity index (χ1v) is 10.5. The monoisotopic (exact) mass is 436 g/mol. The van der Waals surface area contributed by atoms with Gasteiger partial charge in [0.25, 0.3) is 5.91 Å². The number of fused-ring (bicyclic) bond motifs is 1. The maximum atomic E-state index is 14.7. The van der Waals surface area contributed by atoms with E-state index >= 15 is 0 Å². The zero-order valence-corrected chi connectivity index (χ0v) is 17.8. The molecule has 4 heterocycles. The van der Waals surface area contributed by atoms with Gasteiger partial charge in [0.2, 0.25) is 5.95 Å². The number of hydrogen-bond acceptors (Lipinski definition) is 7. The molecule has 2 aliphatic heterocycles. The summed E-state index contributed by atoms with van der Waals surface area (Å²) in [5, 5.41) is 0.320. The van der Waals surface area contributed by atoms with E-state index in [9.17, 15) is 18.4 Å². The summed E-state index contributed by atoms with van der Waals surface area (Å²) in [6.45, 7) is 6.03. The highest BCUT2D eigenvalue weighted by molar-refractivity contribution is 7.17. The number of nitrogens with zero attached hydrogens (tertiary/aromatic N) is 4. The zero-order valence-electron chi connectivity index (χ0n) is 16.9. The highest BCUT2D eigenvalue weighted by Crippen LogP contribution is 2.34. The van der Waals surface area contributed by atoms with Gasteiger partial charge in [0.05, 0.1) is 17.8 Å². The van der Waals surface area contributed by atoms with Crippen molar-refractivity contribution in [1.29, 1.82) is 0 Å². The number of thiazole rings is 1. The Bertz CT molecular complexity index is 1000. The number of aromatic nitrogens is 2. The van der Waals surface area contributed by atoms with E-state index in [0.29, 0.717) is 40.8 Å². The minimum absolute atomic E-state index is 0.156. The minimum Gasteiger partial charge on any atom is -0.443 e. The van der Waals surface area contributed by atoms with Gasteiger partial charge < -0.3 is 9.64 Å². The third kappa shape index (κ3) is 4.00. The summed E-state index contributed by atoms with van der Waals surface area (Å²) in [5.74, 6) is -0.840. The molecule has 0 aliphatic carbocycles. The van der Waals surface area contributed by atoms with Crippen molar-refractivity contribution in [2.75, 3.05) is 24.5 Å².